The number of aliphatic hydroxyl groups is 1. The zero-order valence-electron chi connectivity index (χ0n) is 9.51. The van der Waals surface area contributed by atoms with E-state index in [9.17, 15) is 23.1 Å². The maximum atomic E-state index is 12.4. The number of carbonyl (C=O) groups is 1. The first-order valence-electron chi connectivity index (χ1n) is 5.02. The van der Waals surface area contributed by atoms with E-state index in [1.54, 1.807) is 0 Å². The summed E-state index contributed by atoms with van der Waals surface area (Å²) in [5, 5.41) is 9.40. The average Bonchev–Trinajstić information content (AvgIpc) is 2.15. The van der Waals surface area contributed by atoms with Gasteiger partial charge in [-0.1, -0.05) is 18.2 Å². The highest BCUT2D eigenvalue weighted by Crippen LogP contribution is 2.29. The van der Waals surface area contributed by atoms with Gasteiger partial charge in [0.05, 0.1) is 5.56 Å². The Morgan fingerprint density at radius 3 is 2.35 bits per heavy atom. The van der Waals surface area contributed by atoms with Gasteiger partial charge in [0.15, 0.2) is 5.78 Å². The van der Waals surface area contributed by atoms with Crippen LogP contribution < -0.4 is 0 Å². The molecule has 17 heavy (non-hydrogen) atoms. The fourth-order valence-electron chi connectivity index (χ4n) is 1.26. The van der Waals surface area contributed by atoms with Gasteiger partial charge in [0.1, 0.15) is 5.60 Å². The van der Waals surface area contributed by atoms with E-state index in [0.717, 1.165) is 12.1 Å². The number of alkyl halides is 3. The fourth-order valence-corrected chi connectivity index (χ4v) is 1.26. The van der Waals surface area contributed by atoms with Crippen molar-refractivity contribution in [3.8, 4) is 0 Å². The lowest BCUT2D eigenvalue weighted by atomic mass is 9.96. The Labute approximate surface area is 97.1 Å². The van der Waals surface area contributed by atoms with Crippen molar-refractivity contribution < 1.29 is 23.1 Å². The summed E-state index contributed by atoms with van der Waals surface area (Å²) < 4.78 is 37.2. The van der Waals surface area contributed by atoms with Crippen LogP contribution >= 0.6 is 0 Å². The van der Waals surface area contributed by atoms with E-state index in [1.807, 2.05) is 0 Å². The van der Waals surface area contributed by atoms with Gasteiger partial charge < -0.3 is 5.11 Å². The van der Waals surface area contributed by atoms with Crippen LogP contribution in [0.3, 0.4) is 0 Å². The second-order valence-electron chi connectivity index (χ2n) is 4.36. The third-order valence-electron chi connectivity index (χ3n) is 2.30. The normalized spacial score (nSPS) is 12.6. The molecule has 0 unspecified atom stereocenters. The minimum atomic E-state index is -4.42. The second kappa shape index (κ2) is 4.49. The Hall–Kier alpha value is -1.36. The topological polar surface area (TPSA) is 37.3 Å². The summed E-state index contributed by atoms with van der Waals surface area (Å²) in [6.45, 7) is 2.62. The van der Waals surface area contributed by atoms with Crippen LogP contribution in [0.1, 0.15) is 25.0 Å². The summed E-state index contributed by atoms with van der Waals surface area (Å²) in [5.74, 6) is -0.517. The molecule has 0 saturated heterocycles. The van der Waals surface area contributed by atoms with Crippen LogP contribution in [0.15, 0.2) is 24.3 Å². The standard InChI is InChI=1S/C12H13F3O2/c1-11(2,17)10(16)7-8-4-3-5-9(6-8)12(13,14)15/h3-6,17H,7H2,1-2H3. The SMILES string of the molecule is CC(C)(O)C(=O)Cc1cccc(C(F)(F)F)c1. The van der Waals surface area contributed by atoms with Gasteiger partial charge in [-0.15, -0.1) is 0 Å². The minimum Gasteiger partial charge on any atom is -0.383 e. The molecule has 5 heteroatoms. The van der Waals surface area contributed by atoms with Crippen molar-refractivity contribution in [3.63, 3.8) is 0 Å². The number of carbonyl (C=O) groups excluding carboxylic acids is 1. The smallest absolute Gasteiger partial charge is 0.383 e. The number of Topliss-reactive ketones (excluding diaryl/α,β-unsaturated/α-hetero) is 1. The fraction of sp³-hybridized carbons (Fsp3) is 0.417. The Bertz CT molecular complexity index is 416. The highest BCUT2D eigenvalue weighted by atomic mass is 19.4. The third-order valence-corrected chi connectivity index (χ3v) is 2.30. The van der Waals surface area contributed by atoms with Gasteiger partial charge in [-0.25, -0.2) is 0 Å². The molecule has 94 valence electrons. The Morgan fingerprint density at radius 1 is 1.29 bits per heavy atom. The van der Waals surface area contributed by atoms with E-state index >= 15 is 0 Å². The van der Waals surface area contributed by atoms with Crippen molar-refractivity contribution in [2.24, 2.45) is 0 Å². The molecule has 2 nitrogen and oxygen atoms in total. The lowest BCUT2D eigenvalue weighted by molar-refractivity contribution is -0.138. The van der Waals surface area contributed by atoms with Crippen molar-refractivity contribution in [2.75, 3.05) is 0 Å². The third kappa shape index (κ3) is 3.85. The molecule has 0 atom stereocenters. The molecule has 1 aromatic rings. The van der Waals surface area contributed by atoms with E-state index in [0.29, 0.717) is 0 Å². The first-order chi connectivity index (χ1) is 7.60. The summed E-state index contributed by atoms with van der Waals surface area (Å²) in [7, 11) is 0. The van der Waals surface area contributed by atoms with Crippen LogP contribution in [0.4, 0.5) is 13.2 Å². The van der Waals surface area contributed by atoms with Gasteiger partial charge in [0.2, 0.25) is 0 Å². The van der Waals surface area contributed by atoms with E-state index < -0.39 is 23.1 Å². The van der Waals surface area contributed by atoms with Crippen LogP contribution in [0.25, 0.3) is 0 Å². The Kier molecular flexibility index (Phi) is 3.62. The van der Waals surface area contributed by atoms with Gasteiger partial charge >= 0.3 is 6.18 Å². The molecule has 1 aromatic carbocycles. The number of rotatable bonds is 3. The number of hydrogen-bond acceptors (Lipinski definition) is 2. The lowest BCUT2D eigenvalue weighted by Gasteiger charge is -2.15. The predicted octanol–water partition coefficient (Wildman–Crippen LogP) is 2.59. The highest BCUT2D eigenvalue weighted by molar-refractivity contribution is 5.88. The van der Waals surface area contributed by atoms with E-state index in [1.165, 1.54) is 26.0 Å². The highest BCUT2D eigenvalue weighted by Gasteiger charge is 2.31. The minimum absolute atomic E-state index is 0.215. The average molecular weight is 246 g/mol. The maximum absolute atomic E-state index is 12.4. The molecule has 0 saturated carbocycles. The number of ketones is 1. The van der Waals surface area contributed by atoms with Crippen LogP contribution in [-0.2, 0) is 17.4 Å². The quantitative estimate of drug-likeness (QED) is 0.890. The molecule has 0 aliphatic carbocycles. The molecule has 0 fully saturated rings. The molecule has 0 aliphatic heterocycles. The molecule has 0 bridgehead atoms. The lowest BCUT2D eigenvalue weighted by Crippen LogP contribution is -2.32. The molecule has 0 aromatic heterocycles. The van der Waals surface area contributed by atoms with Crippen molar-refractivity contribution in [1.82, 2.24) is 0 Å². The molecule has 1 rings (SSSR count). The molecule has 0 radical (unpaired) electrons. The second-order valence-corrected chi connectivity index (χ2v) is 4.36. The Balaban J connectivity index is 2.91. The van der Waals surface area contributed by atoms with Gasteiger partial charge in [-0.3, -0.25) is 4.79 Å². The summed E-state index contributed by atoms with van der Waals surface area (Å²) in [4.78, 5) is 11.5. The number of hydrogen-bond donors (Lipinski definition) is 1. The maximum Gasteiger partial charge on any atom is 0.416 e. The summed E-state index contributed by atoms with van der Waals surface area (Å²) >= 11 is 0. The van der Waals surface area contributed by atoms with Gasteiger partial charge in [-0.05, 0) is 25.5 Å². The van der Waals surface area contributed by atoms with Crippen molar-refractivity contribution in [2.45, 2.75) is 32.0 Å². The molecular formula is C12H13F3O2. The molecular weight excluding hydrogens is 233 g/mol. The molecule has 0 spiro atoms. The van der Waals surface area contributed by atoms with Crippen LogP contribution in [0, 0.1) is 0 Å². The number of benzene rings is 1. The van der Waals surface area contributed by atoms with Gasteiger partial charge in [0.25, 0.3) is 0 Å². The summed E-state index contributed by atoms with van der Waals surface area (Å²) in [6, 6.07) is 4.54. The monoisotopic (exact) mass is 246 g/mol. The van der Waals surface area contributed by atoms with Crippen molar-refractivity contribution >= 4 is 5.78 Å². The largest absolute Gasteiger partial charge is 0.416 e. The predicted molar refractivity (Wildman–Crippen MR) is 56.5 cm³/mol. The molecule has 0 amide bonds. The zero-order valence-corrected chi connectivity index (χ0v) is 9.51. The molecule has 1 N–H and O–H groups in total. The molecule has 0 aliphatic rings. The van der Waals surface area contributed by atoms with E-state index in [-0.39, 0.29) is 12.0 Å². The van der Waals surface area contributed by atoms with Crippen LogP contribution in [0.5, 0.6) is 0 Å². The van der Waals surface area contributed by atoms with Gasteiger partial charge in [0, 0.05) is 6.42 Å². The van der Waals surface area contributed by atoms with Crippen molar-refractivity contribution in [1.29, 1.82) is 0 Å². The van der Waals surface area contributed by atoms with Gasteiger partial charge in [-0.2, -0.15) is 13.2 Å². The zero-order chi connectivity index (χ0) is 13.3. The van der Waals surface area contributed by atoms with Crippen LogP contribution in [0.2, 0.25) is 0 Å². The first kappa shape index (κ1) is 13.7. The van der Waals surface area contributed by atoms with Crippen molar-refractivity contribution in [3.05, 3.63) is 35.4 Å². The number of halogens is 3. The first-order valence-corrected chi connectivity index (χ1v) is 5.02. The van der Waals surface area contributed by atoms with Crippen LogP contribution in [-0.4, -0.2) is 16.5 Å². The Morgan fingerprint density at radius 2 is 1.88 bits per heavy atom. The van der Waals surface area contributed by atoms with E-state index in [2.05, 4.69) is 0 Å². The summed E-state index contributed by atoms with van der Waals surface area (Å²) in [6.07, 6.45) is -4.64. The molecule has 0 heterocycles. The summed E-state index contributed by atoms with van der Waals surface area (Å²) in [5.41, 5.74) is -2.08. The van der Waals surface area contributed by atoms with E-state index in [4.69, 9.17) is 0 Å².